The number of rotatable bonds is 8. The monoisotopic (exact) mass is 437 g/mol. The fraction of sp³-hybridized carbons (Fsp3) is 0.154. The predicted molar refractivity (Wildman–Crippen MR) is 125 cm³/mol. The highest BCUT2D eigenvalue weighted by Gasteiger charge is 2.17. The molecule has 33 heavy (non-hydrogen) atoms. The summed E-state index contributed by atoms with van der Waals surface area (Å²) in [5.41, 5.74) is 3.53. The van der Waals surface area contributed by atoms with Crippen LogP contribution in [0.4, 0.5) is 0 Å². The second-order valence-electron chi connectivity index (χ2n) is 7.66. The van der Waals surface area contributed by atoms with Gasteiger partial charge in [0.05, 0.1) is 0 Å². The Morgan fingerprint density at radius 3 is 2.36 bits per heavy atom. The van der Waals surface area contributed by atoms with Crippen molar-refractivity contribution >= 4 is 11.6 Å². The third-order valence-corrected chi connectivity index (χ3v) is 5.38. The van der Waals surface area contributed by atoms with Crippen LogP contribution >= 0.6 is 0 Å². The lowest BCUT2D eigenvalue weighted by molar-refractivity contribution is -0.121. The van der Waals surface area contributed by atoms with Crippen molar-refractivity contribution in [1.82, 2.24) is 24.9 Å². The Kier molecular flexibility index (Phi) is 5.93. The standard InChI is InChI=1S/C26H23N5O2/c32-23(27-17-16-22-30-29-21-13-7-8-18-31(21)22)14-15-24-28-25(19-9-3-1-4-10-19)26(33-24)20-11-5-2-6-12-20/h1-13,18H,14-17H2,(H,27,32). The highest BCUT2D eigenvalue weighted by atomic mass is 16.4. The number of benzene rings is 2. The summed E-state index contributed by atoms with van der Waals surface area (Å²) in [6.45, 7) is 0.491. The minimum Gasteiger partial charge on any atom is -0.440 e. The number of oxazole rings is 1. The van der Waals surface area contributed by atoms with E-state index < -0.39 is 0 Å². The number of carbonyl (C=O) groups excluding carboxylic acids is 1. The van der Waals surface area contributed by atoms with Gasteiger partial charge >= 0.3 is 0 Å². The van der Waals surface area contributed by atoms with E-state index in [4.69, 9.17) is 9.40 Å². The molecular weight excluding hydrogens is 414 g/mol. The van der Waals surface area contributed by atoms with Crippen molar-refractivity contribution in [3.63, 3.8) is 0 Å². The summed E-state index contributed by atoms with van der Waals surface area (Å²) in [6.07, 6.45) is 3.24. The van der Waals surface area contributed by atoms with Crippen LogP contribution in [0.1, 0.15) is 18.1 Å². The maximum absolute atomic E-state index is 12.4. The number of nitrogens with one attached hydrogen (secondary N) is 1. The van der Waals surface area contributed by atoms with Crippen molar-refractivity contribution in [3.05, 3.63) is 96.8 Å². The van der Waals surface area contributed by atoms with Gasteiger partial charge in [0.2, 0.25) is 5.91 Å². The Morgan fingerprint density at radius 2 is 1.58 bits per heavy atom. The van der Waals surface area contributed by atoms with Gasteiger partial charge in [-0.25, -0.2) is 4.98 Å². The lowest BCUT2D eigenvalue weighted by Crippen LogP contribution is -2.26. The normalized spacial score (nSPS) is 11.0. The van der Waals surface area contributed by atoms with E-state index >= 15 is 0 Å². The molecule has 0 aliphatic heterocycles. The van der Waals surface area contributed by atoms with E-state index in [0.29, 0.717) is 31.7 Å². The Balaban J connectivity index is 1.23. The minimum absolute atomic E-state index is 0.0513. The van der Waals surface area contributed by atoms with Crippen molar-refractivity contribution in [2.45, 2.75) is 19.3 Å². The van der Waals surface area contributed by atoms with Gasteiger partial charge in [-0.2, -0.15) is 0 Å². The van der Waals surface area contributed by atoms with Gasteiger partial charge in [-0.1, -0.05) is 66.7 Å². The maximum Gasteiger partial charge on any atom is 0.220 e. The van der Waals surface area contributed by atoms with Crippen LogP contribution in [0, 0.1) is 0 Å². The van der Waals surface area contributed by atoms with E-state index in [1.54, 1.807) is 0 Å². The molecule has 5 rings (SSSR count). The molecule has 3 heterocycles. The van der Waals surface area contributed by atoms with Crippen molar-refractivity contribution in [1.29, 1.82) is 0 Å². The first-order valence-electron chi connectivity index (χ1n) is 10.9. The molecule has 2 aromatic carbocycles. The third-order valence-electron chi connectivity index (χ3n) is 5.38. The second-order valence-corrected chi connectivity index (χ2v) is 7.66. The van der Waals surface area contributed by atoms with Gasteiger partial charge in [-0.05, 0) is 12.1 Å². The number of aromatic nitrogens is 4. The first-order valence-corrected chi connectivity index (χ1v) is 10.9. The number of hydrogen-bond acceptors (Lipinski definition) is 5. The molecule has 0 spiro atoms. The molecule has 3 aromatic heterocycles. The fourth-order valence-electron chi connectivity index (χ4n) is 3.73. The number of hydrogen-bond donors (Lipinski definition) is 1. The third kappa shape index (κ3) is 4.67. The Bertz CT molecular complexity index is 1300. The number of pyridine rings is 1. The fourth-order valence-corrected chi connectivity index (χ4v) is 3.73. The SMILES string of the molecule is O=C(CCc1nc(-c2ccccc2)c(-c2ccccc2)o1)NCCc1nnc2ccccn12. The first kappa shape index (κ1) is 20.6. The lowest BCUT2D eigenvalue weighted by Gasteiger charge is -2.03. The predicted octanol–water partition coefficient (Wildman–Crippen LogP) is 4.34. The van der Waals surface area contributed by atoms with Crippen LogP contribution in [-0.4, -0.2) is 32.0 Å². The molecule has 0 radical (unpaired) electrons. The number of fused-ring (bicyclic) bond motifs is 1. The topological polar surface area (TPSA) is 85.3 Å². The number of amides is 1. The molecule has 0 saturated heterocycles. The molecule has 0 aliphatic rings. The van der Waals surface area contributed by atoms with Crippen LogP contribution in [0.15, 0.2) is 89.5 Å². The molecule has 0 unspecified atom stereocenters. The highest BCUT2D eigenvalue weighted by molar-refractivity contribution is 5.77. The average molecular weight is 438 g/mol. The van der Waals surface area contributed by atoms with E-state index in [1.165, 1.54) is 0 Å². The molecule has 7 nitrogen and oxygen atoms in total. The summed E-state index contributed by atoms with van der Waals surface area (Å²) in [5.74, 6) is 2.03. The van der Waals surface area contributed by atoms with Gasteiger partial charge in [0.1, 0.15) is 11.5 Å². The second kappa shape index (κ2) is 9.48. The average Bonchev–Trinajstić information content (AvgIpc) is 3.49. The largest absolute Gasteiger partial charge is 0.440 e. The van der Waals surface area contributed by atoms with Crippen molar-refractivity contribution in [2.75, 3.05) is 6.54 Å². The zero-order valence-electron chi connectivity index (χ0n) is 18.0. The summed E-state index contributed by atoms with van der Waals surface area (Å²) in [6, 6.07) is 25.6. The molecule has 0 fully saturated rings. The van der Waals surface area contributed by atoms with Crippen LogP contribution in [0.3, 0.4) is 0 Å². The van der Waals surface area contributed by atoms with Gasteiger partial charge in [0.15, 0.2) is 17.3 Å². The van der Waals surface area contributed by atoms with Crippen molar-refractivity contribution < 1.29 is 9.21 Å². The van der Waals surface area contributed by atoms with Crippen LogP contribution < -0.4 is 5.32 Å². The summed E-state index contributed by atoms with van der Waals surface area (Å²) in [7, 11) is 0. The molecule has 164 valence electrons. The first-order chi connectivity index (χ1) is 16.3. The van der Waals surface area contributed by atoms with Crippen molar-refractivity contribution in [3.8, 4) is 22.6 Å². The Morgan fingerprint density at radius 1 is 0.848 bits per heavy atom. The zero-order valence-corrected chi connectivity index (χ0v) is 18.0. The smallest absolute Gasteiger partial charge is 0.220 e. The minimum atomic E-state index is -0.0513. The molecule has 0 bridgehead atoms. The van der Waals surface area contributed by atoms with E-state index in [2.05, 4.69) is 15.5 Å². The van der Waals surface area contributed by atoms with Gasteiger partial charge < -0.3 is 9.73 Å². The molecule has 1 amide bonds. The summed E-state index contributed by atoms with van der Waals surface area (Å²) < 4.78 is 8.03. The van der Waals surface area contributed by atoms with E-state index in [1.807, 2.05) is 89.5 Å². The molecular formula is C26H23N5O2. The molecule has 7 heteroatoms. The number of aryl methyl sites for hydroxylation is 1. The van der Waals surface area contributed by atoms with Crippen LogP contribution in [0.25, 0.3) is 28.2 Å². The van der Waals surface area contributed by atoms with Crippen LogP contribution in [0.5, 0.6) is 0 Å². The summed E-state index contributed by atoms with van der Waals surface area (Å²) in [4.78, 5) is 17.1. The Labute approximate surface area is 191 Å². The highest BCUT2D eigenvalue weighted by Crippen LogP contribution is 2.32. The molecule has 1 N–H and O–H groups in total. The van der Waals surface area contributed by atoms with E-state index in [9.17, 15) is 4.79 Å². The Hall–Kier alpha value is -4.26. The molecule has 5 aromatic rings. The zero-order chi connectivity index (χ0) is 22.5. The number of carbonyl (C=O) groups is 1. The van der Waals surface area contributed by atoms with Crippen LogP contribution in [0.2, 0.25) is 0 Å². The quantitative estimate of drug-likeness (QED) is 0.390. The van der Waals surface area contributed by atoms with Gasteiger partial charge in [-0.3, -0.25) is 9.20 Å². The van der Waals surface area contributed by atoms with E-state index in [-0.39, 0.29) is 5.91 Å². The van der Waals surface area contributed by atoms with E-state index in [0.717, 1.165) is 34.1 Å². The molecule has 0 atom stereocenters. The summed E-state index contributed by atoms with van der Waals surface area (Å²) >= 11 is 0. The van der Waals surface area contributed by atoms with Gasteiger partial charge in [-0.15, -0.1) is 10.2 Å². The number of nitrogens with zero attached hydrogens (tertiary/aromatic N) is 4. The summed E-state index contributed by atoms with van der Waals surface area (Å²) in [5, 5.41) is 11.3. The lowest BCUT2D eigenvalue weighted by atomic mass is 10.1. The van der Waals surface area contributed by atoms with Gasteiger partial charge in [0, 0.05) is 43.1 Å². The molecule has 0 saturated carbocycles. The molecule has 0 aliphatic carbocycles. The van der Waals surface area contributed by atoms with Crippen molar-refractivity contribution in [2.24, 2.45) is 0 Å². The van der Waals surface area contributed by atoms with Crippen LogP contribution in [-0.2, 0) is 17.6 Å². The maximum atomic E-state index is 12.4. The van der Waals surface area contributed by atoms with Gasteiger partial charge in [0.25, 0.3) is 0 Å².